The Hall–Kier alpha value is -1.17. The Balaban J connectivity index is 0.00000208. The van der Waals surface area contributed by atoms with E-state index in [4.69, 9.17) is 26.8 Å². The quantitative estimate of drug-likeness (QED) is 0.883. The highest BCUT2D eigenvalue weighted by Crippen LogP contribution is 2.38. The molecule has 134 valence electrons. The number of halogens is 2. The van der Waals surface area contributed by atoms with Gasteiger partial charge in [0.25, 0.3) is 0 Å². The molecule has 1 saturated heterocycles. The molecule has 2 unspecified atom stereocenters. The lowest BCUT2D eigenvalue weighted by Crippen LogP contribution is -2.52. The number of piperidine rings is 1. The molecule has 0 bridgehead atoms. The van der Waals surface area contributed by atoms with E-state index in [-0.39, 0.29) is 30.4 Å². The molecule has 24 heavy (non-hydrogen) atoms. The lowest BCUT2D eigenvalue weighted by molar-refractivity contribution is -0.134. The third-order valence-electron chi connectivity index (χ3n) is 4.49. The summed E-state index contributed by atoms with van der Waals surface area (Å²) in [5.41, 5.74) is 6.90. The molecule has 2 aliphatic heterocycles. The van der Waals surface area contributed by atoms with Crippen molar-refractivity contribution in [3.05, 3.63) is 22.7 Å². The van der Waals surface area contributed by atoms with Crippen molar-refractivity contribution in [2.75, 3.05) is 19.8 Å². The molecule has 0 saturated carbocycles. The zero-order valence-corrected chi connectivity index (χ0v) is 15.4. The van der Waals surface area contributed by atoms with Crippen LogP contribution < -0.4 is 15.2 Å². The van der Waals surface area contributed by atoms with Crippen molar-refractivity contribution in [1.29, 1.82) is 0 Å². The Morgan fingerprint density at radius 1 is 1.38 bits per heavy atom. The van der Waals surface area contributed by atoms with Crippen molar-refractivity contribution in [2.24, 2.45) is 5.73 Å². The average molecular weight is 375 g/mol. The van der Waals surface area contributed by atoms with Crippen LogP contribution >= 0.6 is 24.0 Å². The van der Waals surface area contributed by atoms with Crippen LogP contribution in [0.1, 0.15) is 31.7 Å². The summed E-state index contributed by atoms with van der Waals surface area (Å²) < 4.78 is 11.1. The predicted octanol–water partition coefficient (Wildman–Crippen LogP) is 2.80. The smallest absolute Gasteiger partial charge is 0.227 e. The van der Waals surface area contributed by atoms with E-state index in [1.807, 2.05) is 17.9 Å². The molecule has 0 aromatic heterocycles. The first-order valence-corrected chi connectivity index (χ1v) is 8.57. The third-order valence-corrected chi connectivity index (χ3v) is 4.77. The summed E-state index contributed by atoms with van der Waals surface area (Å²) in [5, 5.41) is 0.493. The standard InChI is InChI=1S/C17H23ClN2O3.ClH/c1-11(19)14-4-2-3-5-20(14)16(21)10-12-8-13(18)17-15(9-12)22-6-7-23-17;/h8-9,11,14H,2-7,10,19H2,1H3;1H. The second-order valence-corrected chi connectivity index (χ2v) is 6.70. The van der Waals surface area contributed by atoms with E-state index in [1.165, 1.54) is 0 Å². The van der Waals surface area contributed by atoms with Crippen molar-refractivity contribution in [3.8, 4) is 11.5 Å². The summed E-state index contributed by atoms with van der Waals surface area (Å²) in [4.78, 5) is 14.6. The summed E-state index contributed by atoms with van der Waals surface area (Å²) in [6, 6.07) is 3.76. The largest absolute Gasteiger partial charge is 0.486 e. The van der Waals surface area contributed by atoms with Gasteiger partial charge in [0.15, 0.2) is 11.5 Å². The zero-order chi connectivity index (χ0) is 16.4. The maximum absolute atomic E-state index is 12.7. The number of hydrogen-bond acceptors (Lipinski definition) is 4. The Bertz CT molecular complexity index is 595. The number of fused-ring (bicyclic) bond motifs is 1. The SMILES string of the molecule is CC(N)C1CCCCN1C(=O)Cc1cc(Cl)c2c(c1)OCCO2.Cl. The van der Waals surface area contributed by atoms with Gasteiger partial charge in [-0.3, -0.25) is 4.79 Å². The lowest BCUT2D eigenvalue weighted by atomic mass is 9.96. The topological polar surface area (TPSA) is 64.8 Å². The summed E-state index contributed by atoms with van der Waals surface area (Å²) >= 11 is 6.25. The number of amides is 1. The first-order valence-electron chi connectivity index (χ1n) is 8.19. The van der Waals surface area contributed by atoms with E-state index in [0.717, 1.165) is 31.4 Å². The molecule has 2 N–H and O–H groups in total. The summed E-state index contributed by atoms with van der Waals surface area (Å²) in [6.45, 7) is 3.75. The number of ether oxygens (including phenoxy) is 2. The van der Waals surface area contributed by atoms with Crippen LogP contribution in [0.2, 0.25) is 5.02 Å². The van der Waals surface area contributed by atoms with Crippen molar-refractivity contribution in [2.45, 2.75) is 44.7 Å². The van der Waals surface area contributed by atoms with Gasteiger partial charge in [-0.15, -0.1) is 12.4 Å². The zero-order valence-electron chi connectivity index (χ0n) is 13.8. The molecule has 1 fully saturated rings. The van der Waals surface area contributed by atoms with Gasteiger partial charge < -0.3 is 20.1 Å². The maximum atomic E-state index is 12.7. The number of likely N-dealkylation sites (tertiary alicyclic amines) is 1. The number of carbonyl (C=O) groups excluding carboxylic acids is 1. The van der Waals surface area contributed by atoms with E-state index in [1.54, 1.807) is 6.07 Å². The molecule has 0 aliphatic carbocycles. The van der Waals surface area contributed by atoms with E-state index in [2.05, 4.69) is 0 Å². The molecular formula is C17H24Cl2N2O3. The van der Waals surface area contributed by atoms with Gasteiger partial charge in [0, 0.05) is 18.6 Å². The second-order valence-electron chi connectivity index (χ2n) is 6.29. The number of nitrogens with two attached hydrogens (primary N) is 1. The van der Waals surface area contributed by atoms with Gasteiger partial charge in [-0.1, -0.05) is 11.6 Å². The van der Waals surface area contributed by atoms with Crippen molar-refractivity contribution < 1.29 is 14.3 Å². The van der Waals surface area contributed by atoms with Gasteiger partial charge in [-0.2, -0.15) is 0 Å². The van der Waals surface area contributed by atoms with Crippen LogP contribution in [0.15, 0.2) is 12.1 Å². The molecule has 1 amide bonds. The highest BCUT2D eigenvalue weighted by molar-refractivity contribution is 6.32. The number of hydrogen-bond donors (Lipinski definition) is 1. The minimum Gasteiger partial charge on any atom is -0.486 e. The van der Waals surface area contributed by atoms with Gasteiger partial charge in [0.1, 0.15) is 13.2 Å². The molecule has 2 atom stereocenters. The second kappa shape index (κ2) is 8.28. The van der Waals surface area contributed by atoms with Gasteiger partial charge in [-0.25, -0.2) is 0 Å². The number of benzene rings is 1. The van der Waals surface area contributed by atoms with Gasteiger partial charge in [0.2, 0.25) is 5.91 Å². The summed E-state index contributed by atoms with van der Waals surface area (Å²) in [6.07, 6.45) is 3.45. The van der Waals surface area contributed by atoms with Gasteiger partial charge in [0.05, 0.1) is 11.4 Å². The van der Waals surface area contributed by atoms with Crippen LogP contribution in [0.25, 0.3) is 0 Å². The molecule has 2 heterocycles. The lowest BCUT2D eigenvalue weighted by Gasteiger charge is -2.38. The fraction of sp³-hybridized carbons (Fsp3) is 0.588. The Morgan fingerprint density at radius 3 is 2.88 bits per heavy atom. The monoisotopic (exact) mass is 374 g/mol. The summed E-state index contributed by atoms with van der Waals surface area (Å²) in [5.74, 6) is 1.29. The Morgan fingerprint density at radius 2 is 2.12 bits per heavy atom. The van der Waals surface area contributed by atoms with Crippen molar-refractivity contribution in [3.63, 3.8) is 0 Å². The maximum Gasteiger partial charge on any atom is 0.227 e. The predicted molar refractivity (Wildman–Crippen MR) is 96.4 cm³/mol. The molecule has 2 aliphatic rings. The normalized spacial score (nSPS) is 21.0. The number of rotatable bonds is 3. The molecular weight excluding hydrogens is 351 g/mol. The third kappa shape index (κ3) is 4.08. The van der Waals surface area contributed by atoms with E-state index < -0.39 is 0 Å². The Labute approximate surface area is 153 Å². The van der Waals surface area contributed by atoms with Crippen LogP contribution in [0.3, 0.4) is 0 Å². The van der Waals surface area contributed by atoms with Crippen LogP contribution in [-0.4, -0.2) is 42.6 Å². The molecule has 0 radical (unpaired) electrons. The van der Waals surface area contributed by atoms with Gasteiger partial charge >= 0.3 is 0 Å². The van der Waals surface area contributed by atoms with Crippen LogP contribution in [0, 0.1) is 0 Å². The minimum atomic E-state index is -0.0110. The minimum absolute atomic E-state index is 0. The molecule has 1 aromatic rings. The average Bonchev–Trinajstić information content (AvgIpc) is 2.55. The van der Waals surface area contributed by atoms with E-state index in [9.17, 15) is 4.79 Å². The first kappa shape index (κ1) is 19.2. The fourth-order valence-electron chi connectivity index (χ4n) is 3.36. The van der Waals surface area contributed by atoms with E-state index >= 15 is 0 Å². The van der Waals surface area contributed by atoms with E-state index in [0.29, 0.717) is 36.2 Å². The molecule has 3 rings (SSSR count). The number of nitrogens with zero attached hydrogens (tertiary/aromatic N) is 1. The van der Waals surface area contributed by atoms with Gasteiger partial charge in [-0.05, 0) is 43.9 Å². The highest BCUT2D eigenvalue weighted by Gasteiger charge is 2.29. The summed E-state index contributed by atoms with van der Waals surface area (Å²) in [7, 11) is 0. The van der Waals surface area contributed by atoms with Crippen LogP contribution in [0.4, 0.5) is 0 Å². The van der Waals surface area contributed by atoms with Crippen LogP contribution in [0.5, 0.6) is 11.5 Å². The number of carbonyl (C=O) groups is 1. The van der Waals surface area contributed by atoms with Crippen molar-refractivity contribution >= 4 is 29.9 Å². The molecule has 7 heteroatoms. The molecule has 0 spiro atoms. The molecule has 5 nitrogen and oxygen atoms in total. The van der Waals surface area contributed by atoms with Crippen LogP contribution in [-0.2, 0) is 11.2 Å². The highest BCUT2D eigenvalue weighted by atomic mass is 35.5. The first-order chi connectivity index (χ1) is 11.1. The Kier molecular flexibility index (Phi) is 6.61. The molecule has 1 aromatic carbocycles. The van der Waals surface area contributed by atoms with Crippen molar-refractivity contribution in [1.82, 2.24) is 4.90 Å². The fourth-order valence-corrected chi connectivity index (χ4v) is 3.64.